The van der Waals surface area contributed by atoms with Crippen LogP contribution >= 0.6 is 0 Å². The van der Waals surface area contributed by atoms with Crippen molar-refractivity contribution in [2.24, 2.45) is 22.7 Å². The number of likely N-dealkylation sites (tertiary alicyclic amines) is 1. The number of benzene rings is 1. The number of nitrogens with zero attached hydrogens (tertiary/aromatic N) is 1. The normalized spacial score (nSPS) is 37.0. The molecule has 7 unspecified atom stereocenters. The van der Waals surface area contributed by atoms with Gasteiger partial charge in [-0.3, -0.25) is 10.1 Å². The lowest BCUT2D eigenvalue weighted by Gasteiger charge is -2.60. The highest BCUT2D eigenvalue weighted by Crippen LogP contribution is 2.61. The number of aliphatic hydroxyl groups is 3. The van der Waals surface area contributed by atoms with Gasteiger partial charge in [0.15, 0.2) is 0 Å². The second-order valence-electron chi connectivity index (χ2n) is 11.4. The SMILES string of the molecule is Cc1ccc(NC(=O)OC2CCC3(C)C(CC(=O)N4CCC(O)C4)C(O)CCC3C2(C)CO)cc1. The lowest BCUT2D eigenvalue weighted by atomic mass is 9.46. The molecule has 0 spiro atoms. The average molecular weight is 489 g/mol. The minimum absolute atomic E-state index is 0.0173. The van der Waals surface area contributed by atoms with Crippen LogP contribution in [0.15, 0.2) is 24.3 Å². The summed E-state index contributed by atoms with van der Waals surface area (Å²) in [6.45, 7) is 6.81. The van der Waals surface area contributed by atoms with E-state index in [4.69, 9.17) is 4.74 Å². The lowest BCUT2D eigenvalue weighted by molar-refractivity contribution is -0.186. The molecular formula is C27H40N2O6. The summed E-state index contributed by atoms with van der Waals surface area (Å²) in [5.41, 5.74) is 0.675. The number of aryl methyl sites for hydroxylation is 1. The summed E-state index contributed by atoms with van der Waals surface area (Å²) in [6.07, 6.45) is 1.19. The first-order valence-corrected chi connectivity index (χ1v) is 12.9. The van der Waals surface area contributed by atoms with Crippen molar-refractivity contribution in [2.45, 2.75) is 77.6 Å². The first kappa shape index (κ1) is 25.9. The molecular weight excluding hydrogens is 448 g/mol. The summed E-state index contributed by atoms with van der Waals surface area (Å²) >= 11 is 0. The topological polar surface area (TPSA) is 119 Å². The maximum Gasteiger partial charge on any atom is 0.411 e. The lowest BCUT2D eigenvalue weighted by Crippen LogP contribution is -2.61. The van der Waals surface area contributed by atoms with E-state index >= 15 is 0 Å². The minimum Gasteiger partial charge on any atom is -0.445 e. The minimum atomic E-state index is -0.692. The van der Waals surface area contributed by atoms with Gasteiger partial charge in [-0.25, -0.2) is 4.79 Å². The van der Waals surface area contributed by atoms with E-state index in [1.807, 2.05) is 38.1 Å². The predicted octanol–water partition coefficient (Wildman–Crippen LogP) is 3.08. The number of hydrogen-bond donors (Lipinski definition) is 4. The fraction of sp³-hybridized carbons (Fsp3) is 0.704. The Balaban J connectivity index is 1.48. The number of carbonyl (C=O) groups excluding carboxylic acids is 2. The number of rotatable bonds is 5. The van der Waals surface area contributed by atoms with Crippen LogP contribution in [0.1, 0.15) is 57.9 Å². The molecule has 35 heavy (non-hydrogen) atoms. The number of fused-ring (bicyclic) bond motifs is 1. The average Bonchev–Trinajstić information content (AvgIpc) is 3.26. The maximum absolute atomic E-state index is 13.0. The molecule has 2 saturated carbocycles. The van der Waals surface area contributed by atoms with E-state index in [9.17, 15) is 24.9 Å². The van der Waals surface area contributed by atoms with Crippen molar-refractivity contribution in [3.63, 3.8) is 0 Å². The van der Waals surface area contributed by atoms with Crippen LogP contribution in [0.5, 0.6) is 0 Å². The largest absolute Gasteiger partial charge is 0.445 e. The Kier molecular flexibility index (Phi) is 7.46. The molecule has 8 heteroatoms. The zero-order valence-corrected chi connectivity index (χ0v) is 21.1. The van der Waals surface area contributed by atoms with Crippen LogP contribution in [0.2, 0.25) is 0 Å². The Morgan fingerprint density at radius 1 is 1.11 bits per heavy atom. The van der Waals surface area contributed by atoms with E-state index in [1.54, 1.807) is 4.90 Å². The number of hydrogen-bond acceptors (Lipinski definition) is 6. The molecule has 3 aliphatic rings. The molecule has 0 bridgehead atoms. The van der Waals surface area contributed by atoms with Gasteiger partial charge in [0.25, 0.3) is 0 Å². The first-order chi connectivity index (χ1) is 16.6. The zero-order valence-electron chi connectivity index (χ0n) is 21.1. The van der Waals surface area contributed by atoms with Gasteiger partial charge in [0, 0.05) is 30.6 Å². The molecule has 1 heterocycles. The predicted molar refractivity (Wildman–Crippen MR) is 132 cm³/mol. The van der Waals surface area contributed by atoms with Crippen LogP contribution in [0, 0.1) is 29.6 Å². The van der Waals surface area contributed by atoms with E-state index in [1.165, 1.54) is 0 Å². The van der Waals surface area contributed by atoms with E-state index in [-0.39, 0.29) is 36.2 Å². The van der Waals surface area contributed by atoms with Crippen LogP contribution < -0.4 is 5.32 Å². The van der Waals surface area contributed by atoms with Gasteiger partial charge in [0.1, 0.15) is 6.10 Å². The molecule has 2 amide bonds. The fourth-order valence-corrected chi connectivity index (χ4v) is 6.98. The van der Waals surface area contributed by atoms with E-state index in [0.717, 1.165) is 5.56 Å². The Labute approximate surface area is 207 Å². The summed E-state index contributed by atoms with van der Waals surface area (Å²) in [5.74, 6) is -0.301. The molecule has 1 aliphatic heterocycles. The number of carbonyl (C=O) groups is 2. The molecule has 194 valence electrons. The van der Waals surface area contributed by atoms with Crippen molar-refractivity contribution in [2.75, 3.05) is 25.0 Å². The third kappa shape index (κ3) is 5.06. The third-order valence-corrected chi connectivity index (χ3v) is 9.13. The highest BCUT2D eigenvalue weighted by molar-refractivity contribution is 5.84. The van der Waals surface area contributed by atoms with Crippen LogP contribution in [-0.4, -0.2) is 70.2 Å². The van der Waals surface area contributed by atoms with Crippen molar-refractivity contribution in [3.8, 4) is 0 Å². The second kappa shape index (κ2) is 10.1. The summed E-state index contributed by atoms with van der Waals surface area (Å²) in [5, 5.41) is 34.2. The fourth-order valence-electron chi connectivity index (χ4n) is 6.98. The molecule has 8 nitrogen and oxygen atoms in total. The van der Waals surface area contributed by atoms with Crippen LogP contribution in [0.25, 0.3) is 0 Å². The first-order valence-electron chi connectivity index (χ1n) is 12.9. The van der Waals surface area contributed by atoms with Gasteiger partial charge >= 0.3 is 6.09 Å². The molecule has 2 aliphatic carbocycles. The monoisotopic (exact) mass is 488 g/mol. The number of anilines is 1. The van der Waals surface area contributed by atoms with Crippen LogP contribution in [0.3, 0.4) is 0 Å². The van der Waals surface area contributed by atoms with E-state index < -0.39 is 29.8 Å². The van der Waals surface area contributed by atoms with Gasteiger partial charge in [0.05, 0.1) is 18.8 Å². The maximum atomic E-state index is 13.0. The molecule has 3 fully saturated rings. The summed E-state index contributed by atoms with van der Waals surface area (Å²) in [6, 6.07) is 7.47. The molecule has 0 radical (unpaired) electrons. The number of ether oxygens (including phenoxy) is 1. The molecule has 1 saturated heterocycles. The van der Waals surface area contributed by atoms with Gasteiger partial charge in [-0.15, -0.1) is 0 Å². The smallest absolute Gasteiger partial charge is 0.411 e. The van der Waals surface area contributed by atoms with Gasteiger partial charge in [-0.2, -0.15) is 0 Å². The third-order valence-electron chi connectivity index (χ3n) is 9.13. The summed E-state index contributed by atoms with van der Waals surface area (Å²) < 4.78 is 5.89. The van der Waals surface area contributed by atoms with E-state index in [2.05, 4.69) is 12.2 Å². The number of nitrogens with one attached hydrogen (secondary N) is 1. The molecule has 0 aromatic heterocycles. The highest BCUT2D eigenvalue weighted by Gasteiger charge is 2.60. The summed E-state index contributed by atoms with van der Waals surface area (Å²) in [4.78, 5) is 27.4. The van der Waals surface area contributed by atoms with Crippen molar-refractivity contribution in [1.82, 2.24) is 4.90 Å². The molecule has 4 rings (SSSR count). The number of β-amino-alcohol motifs (C(OH)–C–C–N with tert-alkyl or cyclic N) is 1. The van der Waals surface area contributed by atoms with Gasteiger partial charge < -0.3 is 25.0 Å². The Bertz CT molecular complexity index is 923. The van der Waals surface area contributed by atoms with Crippen LogP contribution in [-0.2, 0) is 9.53 Å². The Morgan fingerprint density at radius 3 is 2.46 bits per heavy atom. The summed E-state index contributed by atoms with van der Waals surface area (Å²) in [7, 11) is 0. The Morgan fingerprint density at radius 2 is 1.83 bits per heavy atom. The van der Waals surface area contributed by atoms with Crippen LogP contribution in [0.4, 0.5) is 10.5 Å². The molecule has 7 atom stereocenters. The molecule has 4 N–H and O–H groups in total. The van der Waals surface area contributed by atoms with Crippen molar-refractivity contribution in [3.05, 3.63) is 29.8 Å². The van der Waals surface area contributed by atoms with Gasteiger partial charge in [-0.1, -0.05) is 31.5 Å². The molecule has 1 aromatic carbocycles. The zero-order chi connectivity index (χ0) is 25.4. The number of aliphatic hydroxyl groups excluding tert-OH is 3. The van der Waals surface area contributed by atoms with Crippen molar-refractivity contribution < 1.29 is 29.6 Å². The van der Waals surface area contributed by atoms with Gasteiger partial charge in [-0.05, 0) is 68.4 Å². The molecule has 1 aromatic rings. The second-order valence-corrected chi connectivity index (χ2v) is 11.4. The quantitative estimate of drug-likeness (QED) is 0.506. The van der Waals surface area contributed by atoms with Gasteiger partial charge in [0.2, 0.25) is 5.91 Å². The highest BCUT2D eigenvalue weighted by atomic mass is 16.6. The number of amides is 2. The standard InChI is InChI=1S/C27H40N2O6/c1-17-4-6-18(7-5-17)28-25(34)35-23-10-12-26(2)20(14-24(33)29-13-11-19(31)15-29)21(32)8-9-22(26)27(23,3)16-30/h4-7,19-23,30-32H,8-16H2,1-3H3,(H,28,34). The van der Waals surface area contributed by atoms with E-state index in [0.29, 0.717) is 50.9 Å². The van der Waals surface area contributed by atoms with Crippen molar-refractivity contribution in [1.29, 1.82) is 0 Å². The van der Waals surface area contributed by atoms with Crippen molar-refractivity contribution >= 4 is 17.7 Å². The Hall–Kier alpha value is -2.16.